The standard InChI is InChI=1S/C13H16O/c1-6-10-7-9(2)8-11(12(10)14)13(3,4)5/h1,7-8,14H,2-5H3. The molecule has 0 aliphatic carbocycles. The number of aromatic hydroxyl groups is 1. The van der Waals surface area contributed by atoms with E-state index in [2.05, 4.69) is 26.7 Å². The second kappa shape index (κ2) is 3.38. The van der Waals surface area contributed by atoms with E-state index in [0.29, 0.717) is 5.56 Å². The summed E-state index contributed by atoms with van der Waals surface area (Å²) in [6, 6.07) is 3.81. The molecule has 1 heteroatoms. The van der Waals surface area contributed by atoms with Crippen molar-refractivity contribution in [2.24, 2.45) is 0 Å². The lowest BCUT2D eigenvalue weighted by atomic mass is 9.84. The van der Waals surface area contributed by atoms with Gasteiger partial charge in [-0.2, -0.15) is 0 Å². The zero-order chi connectivity index (χ0) is 10.9. The Labute approximate surface area is 85.8 Å². The fourth-order valence-electron chi connectivity index (χ4n) is 1.46. The number of phenols is 1. The van der Waals surface area contributed by atoms with Crippen molar-refractivity contribution < 1.29 is 5.11 Å². The van der Waals surface area contributed by atoms with Crippen LogP contribution in [0.1, 0.15) is 37.5 Å². The molecule has 0 saturated carbocycles. The summed E-state index contributed by atoms with van der Waals surface area (Å²) in [4.78, 5) is 0. The molecular formula is C13H16O. The molecule has 0 bridgehead atoms. The highest BCUT2D eigenvalue weighted by Crippen LogP contribution is 2.33. The molecule has 0 aromatic heterocycles. The van der Waals surface area contributed by atoms with Crippen LogP contribution < -0.4 is 0 Å². The largest absolute Gasteiger partial charge is 0.506 e. The molecule has 0 aliphatic rings. The Bertz CT molecular complexity index is 389. The summed E-state index contributed by atoms with van der Waals surface area (Å²) in [6.45, 7) is 8.15. The van der Waals surface area contributed by atoms with Gasteiger partial charge in [0.15, 0.2) is 0 Å². The van der Waals surface area contributed by atoms with Gasteiger partial charge in [0.1, 0.15) is 5.75 Å². The molecule has 1 aromatic rings. The lowest BCUT2D eigenvalue weighted by molar-refractivity contribution is 0.445. The van der Waals surface area contributed by atoms with Gasteiger partial charge in [0.25, 0.3) is 0 Å². The summed E-state index contributed by atoms with van der Waals surface area (Å²) in [7, 11) is 0. The minimum atomic E-state index is -0.0816. The fourth-order valence-corrected chi connectivity index (χ4v) is 1.46. The highest BCUT2D eigenvalue weighted by Gasteiger charge is 2.19. The van der Waals surface area contributed by atoms with Crippen molar-refractivity contribution in [2.45, 2.75) is 33.1 Å². The van der Waals surface area contributed by atoms with Gasteiger partial charge in [0, 0.05) is 5.56 Å². The number of aryl methyl sites for hydroxylation is 1. The van der Waals surface area contributed by atoms with Crippen LogP contribution >= 0.6 is 0 Å². The molecule has 0 spiro atoms. The van der Waals surface area contributed by atoms with Gasteiger partial charge in [-0.05, 0) is 24.0 Å². The molecule has 0 unspecified atom stereocenters. The maximum Gasteiger partial charge on any atom is 0.134 e. The molecule has 0 atom stereocenters. The van der Waals surface area contributed by atoms with Crippen molar-refractivity contribution in [3.63, 3.8) is 0 Å². The molecule has 74 valence electrons. The molecule has 0 aliphatic heterocycles. The topological polar surface area (TPSA) is 20.2 Å². The maximum absolute atomic E-state index is 9.91. The lowest BCUT2D eigenvalue weighted by Crippen LogP contribution is -2.12. The van der Waals surface area contributed by atoms with Crippen molar-refractivity contribution in [3.8, 4) is 18.1 Å². The van der Waals surface area contributed by atoms with E-state index in [1.807, 2.05) is 19.1 Å². The van der Waals surface area contributed by atoms with E-state index < -0.39 is 0 Å². The summed E-state index contributed by atoms with van der Waals surface area (Å²) < 4.78 is 0. The van der Waals surface area contributed by atoms with Crippen LogP contribution in [0.5, 0.6) is 5.75 Å². The number of rotatable bonds is 0. The Morgan fingerprint density at radius 2 is 1.86 bits per heavy atom. The summed E-state index contributed by atoms with van der Waals surface area (Å²) in [5, 5.41) is 9.91. The summed E-state index contributed by atoms with van der Waals surface area (Å²) in [6.07, 6.45) is 5.32. The molecule has 0 saturated heterocycles. The van der Waals surface area contributed by atoms with Crippen molar-refractivity contribution >= 4 is 0 Å². The molecule has 0 heterocycles. The van der Waals surface area contributed by atoms with Crippen LogP contribution in [0.2, 0.25) is 0 Å². The summed E-state index contributed by atoms with van der Waals surface area (Å²) in [5.41, 5.74) is 2.49. The normalized spacial score (nSPS) is 11.1. The van der Waals surface area contributed by atoms with E-state index in [4.69, 9.17) is 6.42 Å². The van der Waals surface area contributed by atoms with Crippen LogP contribution in [0.15, 0.2) is 12.1 Å². The first-order valence-corrected chi connectivity index (χ1v) is 4.67. The first-order chi connectivity index (χ1) is 6.36. The van der Waals surface area contributed by atoms with E-state index in [-0.39, 0.29) is 11.2 Å². The smallest absolute Gasteiger partial charge is 0.134 e. The second-order valence-electron chi connectivity index (χ2n) is 4.60. The molecule has 1 nitrogen and oxygen atoms in total. The molecular weight excluding hydrogens is 172 g/mol. The Hall–Kier alpha value is -1.42. The molecule has 0 radical (unpaired) electrons. The average Bonchev–Trinajstić information content (AvgIpc) is 2.06. The predicted octanol–water partition coefficient (Wildman–Crippen LogP) is 2.98. The number of phenolic OH excluding ortho intramolecular Hbond substituents is 1. The zero-order valence-corrected chi connectivity index (χ0v) is 9.18. The van der Waals surface area contributed by atoms with Crippen LogP contribution in [-0.2, 0) is 5.41 Å². The van der Waals surface area contributed by atoms with Gasteiger partial charge in [-0.1, -0.05) is 32.8 Å². The molecule has 1 N–H and O–H groups in total. The third-order valence-electron chi connectivity index (χ3n) is 2.22. The third kappa shape index (κ3) is 1.90. The minimum Gasteiger partial charge on any atom is -0.506 e. The van der Waals surface area contributed by atoms with Gasteiger partial charge in [-0.15, -0.1) is 6.42 Å². The Kier molecular flexibility index (Phi) is 2.57. The van der Waals surface area contributed by atoms with Gasteiger partial charge >= 0.3 is 0 Å². The maximum atomic E-state index is 9.91. The van der Waals surface area contributed by atoms with E-state index in [1.165, 1.54) is 0 Å². The number of benzene rings is 1. The number of hydrogen-bond donors (Lipinski definition) is 1. The molecule has 1 rings (SSSR count). The third-order valence-corrected chi connectivity index (χ3v) is 2.22. The Morgan fingerprint density at radius 1 is 1.29 bits per heavy atom. The fraction of sp³-hybridized carbons (Fsp3) is 0.385. The Balaban J connectivity index is 3.47. The van der Waals surface area contributed by atoms with Crippen LogP contribution in [0.4, 0.5) is 0 Å². The van der Waals surface area contributed by atoms with E-state index in [1.54, 1.807) is 0 Å². The highest BCUT2D eigenvalue weighted by molar-refractivity contribution is 5.53. The lowest BCUT2D eigenvalue weighted by Gasteiger charge is -2.21. The average molecular weight is 188 g/mol. The van der Waals surface area contributed by atoms with Crippen LogP contribution in [0.3, 0.4) is 0 Å². The predicted molar refractivity (Wildman–Crippen MR) is 59.5 cm³/mol. The number of terminal acetylenes is 1. The monoisotopic (exact) mass is 188 g/mol. The van der Waals surface area contributed by atoms with Crippen molar-refractivity contribution in [1.29, 1.82) is 0 Å². The van der Waals surface area contributed by atoms with E-state index >= 15 is 0 Å². The first-order valence-electron chi connectivity index (χ1n) is 4.67. The van der Waals surface area contributed by atoms with Crippen LogP contribution in [-0.4, -0.2) is 5.11 Å². The second-order valence-corrected chi connectivity index (χ2v) is 4.60. The van der Waals surface area contributed by atoms with Gasteiger partial charge in [-0.3, -0.25) is 0 Å². The summed E-state index contributed by atoms with van der Waals surface area (Å²) in [5.74, 6) is 2.74. The highest BCUT2D eigenvalue weighted by atomic mass is 16.3. The van der Waals surface area contributed by atoms with Gasteiger partial charge < -0.3 is 5.11 Å². The van der Waals surface area contributed by atoms with Gasteiger partial charge in [0.05, 0.1) is 5.56 Å². The molecule has 14 heavy (non-hydrogen) atoms. The van der Waals surface area contributed by atoms with Crippen molar-refractivity contribution in [3.05, 3.63) is 28.8 Å². The Morgan fingerprint density at radius 3 is 2.29 bits per heavy atom. The molecule has 0 amide bonds. The molecule has 0 fully saturated rings. The SMILES string of the molecule is C#Cc1cc(C)cc(C(C)(C)C)c1O. The van der Waals surface area contributed by atoms with Crippen LogP contribution in [0.25, 0.3) is 0 Å². The van der Waals surface area contributed by atoms with Gasteiger partial charge in [0.2, 0.25) is 0 Å². The molecule has 1 aromatic carbocycles. The quantitative estimate of drug-likeness (QED) is 0.620. The number of hydrogen-bond acceptors (Lipinski definition) is 1. The van der Waals surface area contributed by atoms with E-state index in [0.717, 1.165) is 11.1 Å². The minimum absolute atomic E-state index is 0.0816. The van der Waals surface area contributed by atoms with Gasteiger partial charge in [-0.25, -0.2) is 0 Å². The zero-order valence-electron chi connectivity index (χ0n) is 9.18. The van der Waals surface area contributed by atoms with Crippen LogP contribution in [0, 0.1) is 19.3 Å². The summed E-state index contributed by atoms with van der Waals surface area (Å²) >= 11 is 0. The van der Waals surface area contributed by atoms with Crippen molar-refractivity contribution in [1.82, 2.24) is 0 Å². The van der Waals surface area contributed by atoms with Crippen molar-refractivity contribution in [2.75, 3.05) is 0 Å². The van der Waals surface area contributed by atoms with E-state index in [9.17, 15) is 5.11 Å². The first kappa shape index (κ1) is 10.7.